The van der Waals surface area contributed by atoms with E-state index in [0.29, 0.717) is 11.9 Å². The molecule has 3 aromatic heterocycles. The molecule has 0 amide bonds. The van der Waals surface area contributed by atoms with E-state index in [1.54, 1.807) is 0 Å². The number of hydrogen-bond donors (Lipinski definition) is 0. The fourth-order valence-corrected chi connectivity index (χ4v) is 9.36. The highest BCUT2D eigenvalue weighted by molar-refractivity contribution is 6.12. The van der Waals surface area contributed by atoms with Crippen molar-refractivity contribution in [3.63, 3.8) is 0 Å². The van der Waals surface area contributed by atoms with Gasteiger partial charge in [-0.3, -0.25) is 4.57 Å². The van der Waals surface area contributed by atoms with Gasteiger partial charge in [0.15, 0.2) is 0 Å². The fraction of sp³-hybridized carbons (Fsp3) is 0.111. The first-order valence-corrected chi connectivity index (χ1v) is 20.3. The summed E-state index contributed by atoms with van der Waals surface area (Å²) >= 11 is 0. The van der Waals surface area contributed by atoms with Gasteiger partial charge >= 0.3 is 0 Å². The van der Waals surface area contributed by atoms with Crippen LogP contribution >= 0.6 is 0 Å². The lowest BCUT2D eigenvalue weighted by molar-refractivity contribution is 0.510. The number of benzene rings is 6. The van der Waals surface area contributed by atoms with Gasteiger partial charge in [0.1, 0.15) is 0 Å². The molecule has 0 saturated carbocycles. The third-order valence-electron chi connectivity index (χ3n) is 12.5. The highest BCUT2D eigenvalue weighted by Gasteiger charge is 2.26. The van der Waals surface area contributed by atoms with E-state index in [1.165, 1.54) is 60.4 Å². The first kappa shape index (κ1) is 34.2. The van der Waals surface area contributed by atoms with Crippen LogP contribution in [-0.4, -0.2) is 19.1 Å². The minimum atomic E-state index is -0.112. The molecule has 3 unspecified atom stereocenters. The zero-order valence-electron chi connectivity index (χ0n) is 32.6. The van der Waals surface area contributed by atoms with Crippen LogP contribution in [0.5, 0.6) is 0 Å². The molecule has 0 radical (unpaired) electrons. The van der Waals surface area contributed by atoms with Crippen molar-refractivity contribution in [3.05, 3.63) is 200 Å². The predicted molar refractivity (Wildman–Crippen MR) is 242 cm³/mol. The molecule has 0 saturated heterocycles. The SMILES string of the molecule is CC1C=CC=CC1n1c2ccccc2c2cc(-c3ccc4c(c3)c3ccccc3n4-c3nccc(-c4cc(-c5ccccc5)cc(C5(C)C=CC=CC5)c4)n3)ccc21. The largest absolute Gasteiger partial charge is 0.333 e. The zero-order valence-corrected chi connectivity index (χ0v) is 32.6. The van der Waals surface area contributed by atoms with E-state index in [1.807, 2.05) is 12.3 Å². The molecule has 4 heteroatoms. The van der Waals surface area contributed by atoms with E-state index >= 15 is 0 Å². The van der Waals surface area contributed by atoms with Gasteiger partial charge in [0.05, 0.1) is 22.8 Å². The second-order valence-corrected chi connectivity index (χ2v) is 16.1. The molecule has 0 spiro atoms. The Morgan fingerprint density at radius 2 is 1.21 bits per heavy atom. The first-order chi connectivity index (χ1) is 28.5. The van der Waals surface area contributed by atoms with Crippen LogP contribution in [0.25, 0.3) is 83.1 Å². The second kappa shape index (κ2) is 13.6. The Morgan fingerprint density at radius 3 is 1.98 bits per heavy atom. The van der Waals surface area contributed by atoms with Crippen molar-refractivity contribution in [2.45, 2.75) is 31.7 Å². The van der Waals surface area contributed by atoms with Gasteiger partial charge in [0.2, 0.25) is 5.95 Å². The topological polar surface area (TPSA) is 35.6 Å². The van der Waals surface area contributed by atoms with Crippen molar-refractivity contribution >= 4 is 43.6 Å². The normalized spacial score (nSPS) is 18.9. The van der Waals surface area contributed by atoms with E-state index in [9.17, 15) is 0 Å². The molecule has 0 fully saturated rings. The molecule has 2 aliphatic rings. The van der Waals surface area contributed by atoms with E-state index in [-0.39, 0.29) is 11.5 Å². The van der Waals surface area contributed by atoms with Crippen LogP contribution < -0.4 is 0 Å². The summed E-state index contributed by atoms with van der Waals surface area (Å²) in [6.45, 7) is 4.63. The van der Waals surface area contributed by atoms with Crippen LogP contribution in [0.3, 0.4) is 0 Å². The second-order valence-electron chi connectivity index (χ2n) is 16.1. The Balaban J connectivity index is 1.03. The van der Waals surface area contributed by atoms with Crippen molar-refractivity contribution in [1.82, 2.24) is 19.1 Å². The molecule has 3 atom stereocenters. The third-order valence-corrected chi connectivity index (χ3v) is 12.5. The van der Waals surface area contributed by atoms with Crippen LogP contribution in [0.15, 0.2) is 194 Å². The molecule has 11 rings (SSSR count). The van der Waals surface area contributed by atoms with Gasteiger partial charge < -0.3 is 4.57 Å². The molecule has 0 bridgehead atoms. The average Bonchev–Trinajstić information content (AvgIpc) is 3.79. The van der Waals surface area contributed by atoms with E-state index in [4.69, 9.17) is 9.97 Å². The Labute approximate surface area is 338 Å². The molecule has 3 heterocycles. The molecule has 58 heavy (non-hydrogen) atoms. The van der Waals surface area contributed by atoms with Crippen molar-refractivity contribution < 1.29 is 0 Å². The maximum Gasteiger partial charge on any atom is 0.235 e. The minimum absolute atomic E-state index is 0.112. The highest BCUT2D eigenvalue weighted by atomic mass is 15.2. The lowest BCUT2D eigenvalue weighted by Gasteiger charge is -2.28. The van der Waals surface area contributed by atoms with Gasteiger partial charge in [-0.25, -0.2) is 9.97 Å². The third kappa shape index (κ3) is 5.59. The molecular formula is C54H42N4. The minimum Gasteiger partial charge on any atom is -0.333 e. The number of rotatable bonds is 6. The van der Waals surface area contributed by atoms with Gasteiger partial charge in [0, 0.05) is 49.8 Å². The number of hydrogen-bond acceptors (Lipinski definition) is 2. The summed E-state index contributed by atoms with van der Waals surface area (Å²) in [6, 6.07) is 51.2. The summed E-state index contributed by atoms with van der Waals surface area (Å²) in [6.07, 6.45) is 20.7. The van der Waals surface area contributed by atoms with Gasteiger partial charge in [-0.1, -0.05) is 147 Å². The van der Waals surface area contributed by atoms with Gasteiger partial charge in [-0.2, -0.15) is 0 Å². The summed E-state index contributed by atoms with van der Waals surface area (Å²) in [5.41, 5.74) is 12.6. The number of para-hydroxylation sites is 2. The lowest BCUT2D eigenvalue weighted by Crippen LogP contribution is -2.19. The maximum absolute atomic E-state index is 5.33. The highest BCUT2D eigenvalue weighted by Crippen LogP contribution is 2.41. The molecule has 4 nitrogen and oxygen atoms in total. The standard InChI is InChI=1S/C54H42N4/c1-36-15-7-10-20-48(36)57-49-21-11-8-18-43(49)45-34-38(23-25-51(45)57)39-24-26-52-46(35-39)44-19-9-12-22-50(44)58(52)53-55-30-27-47(56-53)41-31-40(37-16-5-3-6-17-37)32-42(33-41)54(2)28-13-4-14-29-54/h3-28,30-36,48H,29H2,1-2H3. The van der Waals surface area contributed by atoms with Crippen molar-refractivity contribution in [1.29, 1.82) is 0 Å². The quantitative estimate of drug-likeness (QED) is 0.170. The Kier molecular flexibility index (Phi) is 8.01. The summed E-state index contributed by atoms with van der Waals surface area (Å²) in [4.78, 5) is 10.3. The predicted octanol–water partition coefficient (Wildman–Crippen LogP) is 13.8. The van der Waals surface area contributed by atoms with Crippen LogP contribution in [-0.2, 0) is 5.41 Å². The molecular weight excluding hydrogens is 705 g/mol. The number of aromatic nitrogens is 4. The van der Waals surface area contributed by atoms with Gasteiger partial charge in [-0.05, 0) is 94.8 Å². The van der Waals surface area contributed by atoms with E-state index in [2.05, 4.69) is 205 Å². The molecule has 278 valence electrons. The Morgan fingerprint density at radius 1 is 0.552 bits per heavy atom. The Bertz CT molecular complexity index is 3190. The smallest absolute Gasteiger partial charge is 0.235 e. The average molecular weight is 747 g/mol. The van der Waals surface area contributed by atoms with Crippen LogP contribution in [0.1, 0.15) is 31.9 Å². The number of fused-ring (bicyclic) bond motifs is 6. The monoisotopic (exact) mass is 746 g/mol. The fourth-order valence-electron chi connectivity index (χ4n) is 9.36. The van der Waals surface area contributed by atoms with Crippen LogP contribution in [0.4, 0.5) is 0 Å². The van der Waals surface area contributed by atoms with Crippen molar-refractivity contribution in [3.8, 4) is 39.5 Å². The van der Waals surface area contributed by atoms with Crippen molar-refractivity contribution in [2.24, 2.45) is 5.92 Å². The molecule has 9 aromatic rings. The summed E-state index contributed by atoms with van der Waals surface area (Å²) < 4.78 is 4.74. The molecule has 0 aliphatic heterocycles. The lowest BCUT2D eigenvalue weighted by atomic mass is 9.76. The summed E-state index contributed by atoms with van der Waals surface area (Å²) in [7, 11) is 0. The van der Waals surface area contributed by atoms with Gasteiger partial charge in [0.25, 0.3) is 0 Å². The zero-order chi connectivity index (χ0) is 38.8. The molecule has 2 aliphatic carbocycles. The first-order valence-electron chi connectivity index (χ1n) is 20.3. The summed E-state index contributed by atoms with van der Waals surface area (Å²) in [5.74, 6) is 1.06. The van der Waals surface area contributed by atoms with E-state index in [0.717, 1.165) is 28.7 Å². The summed E-state index contributed by atoms with van der Waals surface area (Å²) in [5, 5.41) is 4.92. The van der Waals surface area contributed by atoms with Crippen molar-refractivity contribution in [2.75, 3.05) is 0 Å². The number of nitrogens with zero attached hydrogens (tertiary/aromatic N) is 4. The Hall–Kier alpha value is -7.04. The molecule has 0 N–H and O–H groups in total. The molecule has 6 aromatic carbocycles. The van der Waals surface area contributed by atoms with E-state index < -0.39 is 0 Å². The maximum atomic E-state index is 5.33. The van der Waals surface area contributed by atoms with Crippen LogP contribution in [0, 0.1) is 5.92 Å². The number of allylic oxidation sites excluding steroid dienone is 8. The van der Waals surface area contributed by atoms with Gasteiger partial charge in [-0.15, -0.1) is 0 Å². The van der Waals surface area contributed by atoms with Crippen LogP contribution in [0.2, 0.25) is 0 Å².